The number of thioether (sulfide) groups is 1. The molecule has 2 rings (SSSR count). The average Bonchev–Trinajstić information content (AvgIpc) is 2.87. The second kappa shape index (κ2) is 7.64. The number of nitrogens with one attached hydrogen (secondary N) is 1. The van der Waals surface area contributed by atoms with Crippen molar-refractivity contribution in [2.75, 3.05) is 0 Å². The van der Waals surface area contributed by atoms with Gasteiger partial charge >= 0.3 is 0 Å². The Balaban J connectivity index is 1.86. The maximum atomic E-state index is 12.0. The summed E-state index contributed by atoms with van der Waals surface area (Å²) in [5, 5.41) is 6.46. The molecule has 1 atom stereocenters. The molecule has 0 aliphatic heterocycles. The molecule has 1 N–H and O–H groups in total. The third kappa shape index (κ3) is 4.88. The summed E-state index contributed by atoms with van der Waals surface area (Å²) in [7, 11) is 0. The predicted molar refractivity (Wildman–Crippen MR) is 91.6 cm³/mol. The second-order valence-electron chi connectivity index (χ2n) is 4.42. The molecule has 2 aromatic rings. The van der Waals surface area contributed by atoms with Crippen molar-refractivity contribution in [1.82, 2.24) is 5.43 Å². The van der Waals surface area contributed by atoms with E-state index in [0.717, 1.165) is 15.3 Å². The molecule has 0 saturated heterocycles. The van der Waals surface area contributed by atoms with Crippen molar-refractivity contribution < 1.29 is 4.79 Å². The number of carbonyl (C=O) groups excluding carboxylic acids is 1. The molecule has 0 aliphatic rings. The summed E-state index contributed by atoms with van der Waals surface area (Å²) in [6, 6.07) is 9.44. The number of hydrazone groups is 1. The van der Waals surface area contributed by atoms with Gasteiger partial charge in [0.15, 0.2) is 0 Å². The van der Waals surface area contributed by atoms with Crippen molar-refractivity contribution in [3.05, 3.63) is 51.2 Å². The quantitative estimate of drug-likeness (QED) is 0.500. The first-order valence-electron chi connectivity index (χ1n) is 6.35. The van der Waals surface area contributed by atoms with Crippen LogP contribution in [0, 0.1) is 6.92 Å². The lowest BCUT2D eigenvalue weighted by molar-refractivity contribution is -0.120. The molecule has 6 heteroatoms. The van der Waals surface area contributed by atoms with Gasteiger partial charge in [0, 0.05) is 14.8 Å². The van der Waals surface area contributed by atoms with Crippen LogP contribution in [-0.4, -0.2) is 17.4 Å². The number of amides is 1. The van der Waals surface area contributed by atoms with Gasteiger partial charge in [0.05, 0.1) is 11.5 Å². The van der Waals surface area contributed by atoms with Gasteiger partial charge in [0.25, 0.3) is 5.91 Å². The normalized spacial score (nSPS) is 12.5. The molecule has 0 spiro atoms. The molecule has 3 nitrogen and oxygen atoms in total. The first-order chi connectivity index (χ1) is 10.1. The highest BCUT2D eigenvalue weighted by Crippen LogP contribution is 2.24. The fourth-order valence-electron chi connectivity index (χ4n) is 1.53. The maximum absolute atomic E-state index is 12.0. The van der Waals surface area contributed by atoms with Gasteiger partial charge in [-0.1, -0.05) is 11.6 Å². The van der Waals surface area contributed by atoms with Gasteiger partial charge in [0.1, 0.15) is 0 Å². The van der Waals surface area contributed by atoms with Gasteiger partial charge < -0.3 is 0 Å². The molecule has 110 valence electrons. The van der Waals surface area contributed by atoms with Crippen molar-refractivity contribution in [3.63, 3.8) is 0 Å². The summed E-state index contributed by atoms with van der Waals surface area (Å²) >= 11 is 8.90. The first kappa shape index (κ1) is 16.1. The summed E-state index contributed by atoms with van der Waals surface area (Å²) in [6.07, 6.45) is 1.68. The van der Waals surface area contributed by atoms with Crippen LogP contribution in [0.3, 0.4) is 0 Å². The zero-order valence-electron chi connectivity index (χ0n) is 11.7. The van der Waals surface area contributed by atoms with E-state index in [0.29, 0.717) is 5.02 Å². The number of thiophene rings is 1. The van der Waals surface area contributed by atoms with Crippen molar-refractivity contribution in [3.8, 4) is 0 Å². The zero-order valence-corrected chi connectivity index (χ0v) is 14.1. The van der Waals surface area contributed by atoms with Crippen LogP contribution in [0.1, 0.15) is 17.4 Å². The monoisotopic (exact) mass is 338 g/mol. The standard InChI is InChI=1S/C15H15ClN2OS2/c1-10-7-8-20-14(10)9-17-18-15(19)11(2)21-13-5-3-12(16)4-6-13/h3-9,11H,1-2H3,(H,18,19)/b17-9+. The van der Waals surface area contributed by atoms with Crippen LogP contribution < -0.4 is 5.43 Å². The van der Waals surface area contributed by atoms with Crippen molar-refractivity contribution in [1.29, 1.82) is 0 Å². The predicted octanol–water partition coefficient (Wildman–Crippen LogP) is 4.34. The third-order valence-corrected chi connectivity index (χ3v) is 5.07. The van der Waals surface area contributed by atoms with Crippen LogP contribution in [0.15, 0.2) is 45.7 Å². The van der Waals surface area contributed by atoms with Gasteiger partial charge in [-0.3, -0.25) is 4.79 Å². The molecule has 1 aromatic carbocycles. The summed E-state index contributed by atoms with van der Waals surface area (Å²) < 4.78 is 0. The highest BCUT2D eigenvalue weighted by molar-refractivity contribution is 8.00. The molecule has 0 bridgehead atoms. The average molecular weight is 339 g/mol. The van der Waals surface area contributed by atoms with E-state index < -0.39 is 0 Å². The Bertz CT molecular complexity index is 637. The Hall–Kier alpha value is -1.30. The van der Waals surface area contributed by atoms with E-state index in [1.807, 2.05) is 49.6 Å². The topological polar surface area (TPSA) is 41.5 Å². The number of nitrogens with zero attached hydrogens (tertiary/aromatic N) is 1. The summed E-state index contributed by atoms with van der Waals surface area (Å²) in [5.74, 6) is -0.125. The van der Waals surface area contributed by atoms with Crippen LogP contribution in [-0.2, 0) is 4.79 Å². The molecule has 1 unspecified atom stereocenters. The lowest BCUT2D eigenvalue weighted by Crippen LogP contribution is -2.26. The zero-order chi connectivity index (χ0) is 15.2. The number of halogens is 1. The Morgan fingerprint density at radius 2 is 2.10 bits per heavy atom. The maximum Gasteiger partial charge on any atom is 0.253 e. The summed E-state index contributed by atoms with van der Waals surface area (Å²) in [4.78, 5) is 14.0. The van der Waals surface area contributed by atoms with Crippen LogP contribution in [0.5, 0.6) is 0 Å². The van der Waals surface area contributed by atoms with Gasteiger partial charge in [-0.05, 0) is 55.1 Å². The summed E-state index contributed by atoms with van der Waals surface area (Å²) in [5.41, 5.74) is 3.72. The molecule has 21 heavy (non-hydrogen) atoms. The second-order valence-corrected chi connectivity index (χ2v) is 7.21. The number of benzene rings is 1. The van der Waals surface area contributed by atoms with Crippen LogP contribution in [0.25, 0.3) is 0 Å². The van der Waals surface area contributed by atoms with E-state index in [1.54, 1.807) is 17.6 Å². The van der Waals surface area contributed by atoms with Gasteiger partial charge in [-0.25, -0.2) is 5.43 Å². The molecule has 1 aromatic heterocycles. The molecular formula is C15H15ClN2OS2. The fourth-order valence-corrected chi connectivity index (χ4v) is 3.31. The SMILES string of the molecule is Cc1ccsc1/C=N/NC(=O)C(C)Sc1ccc(Cl)cc1. The number of carbonyl (C=O) groups is 1. The van der Waals surface area contributed by atoms with Crippen molar-refractivity contribution in [2.24, 2.45) is 5.10 Å². The number of rotatable bonds is 5. The fraction of sp³-hybridized carbons (Fsp3) is 0.200. The van der Waals surface area contributed by atoms with Crippen LogP contribution in [0.4, 0.5) is 0 Å². The highest BCUT2D eigenvalue weighted by Gasteiger charge is 2.13. The van der Waals surface area contributed by atoms with Crippen LogP contribution >= 0.6 is 34.7 Å². The molecule has 0 fully saturated rings. The van der Waals surface area contributed by atoms with Gasteiger partial charge in [-0.15, -0.1) is 23.1 Å². The van der Waals surface area contributed by atoms with E-state index in [4.69, 9.17) is 11.6 Å². The molecular weight excluding hydrogens is 324 g/mol. The molecule has 0 radical (unpaired) electrons. The molecule has 1 amide bonds. The Kier molecular flexibility index (Phi) is 5.85. The molecule has 0 saturated carbocycles. The van der Waals surface area contributed by atoms with E-state index in [2.05, 4.69) is 10.5 Å². The number of hydrogen-bond acceptors (Lipinski definition) is 4. The van der Waals surface area contributed by atoms with E-state index in [-0.39, 0.29) is 11.2 Å². The minimum absolute atomic E-state index is 0.125. The Morgan fingerprint density at radius 1 is 1.38 bits per heavy atom. The van der Waals surface area contributed by atoms with Gasteiger partial charge in [-0.2, -0.15) is 5.10 Å². The smallest absolute Gasteiger partial charge is 0.253 e. The summed E-state index contributed by atoms with van der Waals surface area (Å²) in [6.45, 7) is 3.86. The number of hydrogen-bond donors (Lipinski definition) is 1. The third-order valence-electron chi connectivity index (χ3n) is 2.75. The minimum Gasteiger partial charge on any atom is -0.272 e. The van der Waals surface area contributed by atoms with Crippen molar-refractivity contribution in [2.45, 2.75) is 24.0 Å². The largest absolute Gasteiger partial charge is 0.272 e. The minimum atomic E-state index is -0.229. The van der Waals surface area contributed by atoms with E-state index in [1.165, 1.54) is 11.8 Å². The number of aryl methyl sites for hydroxylation is 1. The highest BCUT2D eigenvalue weighted by atomic mass is 35.5. The Labute approximate surface area is 137 Å². The lowest BCUT2D eigenvalue weighted by Gasteiger charge is -2.09. The Morgan fingerprint density at radius 3 is 2.71 bits per heavy atom. The van der Waals surface area contributed by atoms with E-state index in [9.17, 15) is 4.79 Å². The lowest BCUT2D eigenvalue weighted by atomic mass is 10.3. The van der Waals surface area contributed by atoms with Gasteiger partial charge in [0.2, 0.25) is 0 Å². The molecule has 0 aliphatic carbocycles. The van der Waals surface area contributed by atoms with Crippen LogP contribution in [0.2, 0.25) is 5.02 Å². The first-order valence-corrected chi connectivity index (χ1v) is 8.49. The molecule has 1 heterocycles. The van der Waals surface area contributed by atoms with Crippen molar-refractivity contribution >= 4 is 46.8 Å². The van der Waals surface area contributed by atoms with E-state index >= 15 is 0 Å².